The Bertz CT molecular complexity index is 588. The summed E-state index contributed by atoms with van der Waals surface area (Å²) in [6.45, 7) is 6.69. The molecule has 0 aliphatic rings. The molecule has 1 unspecified atom stereocenters. The van der Waals surface area contributed by atoms with Gasteiger partial charge in [0.25, 0.3) is 0 Å². The first-order valence-corrected chi connectivity index (χ1v) is 6.79. The van der Waals surface area contributed by atoms with Gasteiger partial charge in [0.1, 0.15) is 11.6 Å². The average Bonchev–Trinajstić information content (AvgIpc) is 2.38. The van der Waals surface area contributed by atoms with Gasteiger partial charge in [-0.2, -0.15) is 0 Å². The SMILES string of the molecule is CCNC(c1ccc(F)cc1F)c1c(C)cccc1C. The topological polar surface area (TPSA) is 12.0 Å². The predicted molar refractivity (Wildman–Crippen MR) is 77.8 cm³/mol. The van der Waals surface area contributed by atoms with Crippen LogP contribution in [0.3, 0.4) is 0 Å². The molecule has 2 rings (SSSR count). The van der Waals surface area contributed by atoms with Gasteiger partial charge < -0.3 is 5.32 Å². The molecule has 0 saturated carbocycles. The zero-order chi connectivity index (χ0) is 14.7. The molecule has 0 saturated heterocycles. The highest BCUT2D eigenvalue weighted by Gasteiger charge is 2.20. The zero-order valence-electron chi connectivity index (χ0n) is 12.0. The smallest absolute Gasteiger partial charge is 0.131 e. The fraction of sp³-hybridized carbons (Fsp3) is 0.294. The van der Waals surface area contributed by atoms with Crippen LogP contribution in [0.5, 0.6) is 0 Å². The lowest BCUT2D eigenvalue weighted by Crippen LogP contribution is -2.24. The summed E-state index contributed by atoms with van der Waals surface area (Å²) in [5.41, 5.74) is 3.73. The molecule has 0 aliphatic heterocycles. The quantitative estimate of drug-likeness (QED) is 0.878. The number of hydrogen-bond acceptors (Lipinski definition) is 1. The molecule has 2 aromatic rings. The molecule has 0 aromatic heterocycles. The molecule has 0 fully saturated rings. The summed E-state index contributed by atoms with van der Waals surface area (Å²) in [7, 11) is 0. The average molecular weight is 275 g/mol. The largest absolute Gasteiger partial charge is 0.306 e. The van der Waals surface area contributed by atoms with Crippen LogP contribution in [0, 0.1) is 25.5 Å². The van der Waals surface area contributed by atoms with Crippen LogP contribution in [0.4, 0.5) is 8.78 Å². The van der Waals surface area contributed by atoms with Gasteiger partial charge >= 0.3 is 0 Å². The van der Waals surface area contributed by atoms with E-state index in [4.69, 9.17) is 0 Å². The molecular weight excluding hydrogens is 256 g/mol. The van der Waals surface area contributed by atoms with Gasteiger partial charge in [0, 0.05) is 11.6 Å². The molecule has 0 heterocycles. The predicted octanol–water partition coefficient (Wildman–Crippen LogP) is 4.28. The van der Waals surface area contributed by atoms with Crippen molar-refractivity contribution in [3.8, 4) is 0 Å². The van der Waals surface area contributed by atoms with E-state index < -0.39 is 11.6 Å². The Hall–Kier alpha value is -1.74. The Kier molecular flexibility index (Phi) is 4.50. The van der Waals surface area contributed by atoms with E-state index in [1.807, 2.05) is 39.0 Å². The van der Waals surface area contributed by atoms with Crippen LogP contribution in [0.1, 0.15) is 35.2 Å². The second-order valence-corrected chi connectivity index (χ2v) is 4.96. The molecule has 1 nitrogen and oxygen atoms in total. The van der Waals surface area contributed by atoms with Gasteiger partial charge in [-0.1, -0.05) is 31.2 Å². The van der Waals surface area contributed by atoms with Crippen molar-refractivity contribution in [3.05, 3.63) is 70.3 Å². The Morgan fingerprint density at radius 1 is 1.05 bits per heavy atom. The van der Waals surface area contributed by atoms with Crippen molar-refractivity contribution in [3.63, 3.8) is 0 Å². The molecule has 3 heteroatoms. The minimum atomic E-state index is -0.553. The summed E-state index contributed by atoms with van der Waals surface area (Å²) in [5.74, 6) is -1.07. The van der Waals surface area contributed by atoms with Gasteiger partial charge in [-0.05, 0) is 43.1 Å². The van der Waals surface area contributed by atoms with Gasteiger partial charge in [0.15, 0.2) is 0 Å². The van der Waals surface area contributed by atoms with Gasteiger partial charge in [-0.15, -0.1) is 0 Å². The molecule has 0 bridgehead atoms. The van der Waals surface area contributed by atoms with E-state index in [1.165, 1.54) is 12.1 Å². The molecule has 2 aromatic carbocycles. The third-order valence-corrected chi connectivity index (χ3v) is 3.51. The summed E-state index contributed by atoms with van der Waals surface area (Å²) < 4.78 is 27.2. The van der Waals surface area contributed by atoms with Crippen molar-refractivity contribution in [2.75, 3.05) is 6.54 Å². The lowest BCUT2D eigenvalue weighted by atomic mass is 9.91. The minimum absolute atomic E-state index is 0.262. The first-order chi connectivity index (χ1) is 9.54. The summed E-state index contributed by atoms with van der Waals surface area (Å²) in [4.78, 5) is 0. The highest BCUT2D eigenvalue weighted by atomic mass is 19.1. The van der Waals surface area contributed by atoms with Crippen LogP contribution in [0.2, 0.25) is 0 Å². The standard InChI is InChI=1S/C17H19F2N/c1-4-20-17(14-9-8-13(18)10-15(14)19)16-11(2)6-5-7-12(16)3/h5-10,17,20H,4H2,1-3H3. The monoisotopic (exact) mass is 275 g/mol. The normalized spacial score (nSPS) is 12.4. The Balaban J connectivity index is 2.56. The fourth-order valence-electron chi connectivity index (χ4n) is 2.59. The number of rotatable bonds is 4. The second-order valence-electron chi connectivity index (χ2n) is 4.96. The number of benzene rings is 2. The number of hydrogen-bond donors (Lipinski definition) is 1. The van der Waals surface area contributed by atoms with E-state index in [9.17, 15) is 8.78 Å². The van der Waals surface area contributed by atoms with Crippen molar-refractivity contribution in [2.24, 2.45) is 0 Å². The lowest BCUT2D eigenvalue weighted by Gasteiger charge is -2.23. The van der Waals surface area contributed by atoms with Crippen LogP contribution in [0.15, 0.2) is 36.4 Å². The maximum absolute atomic E-state index is 14.1. The van der Waals surface area contributed by atoms with Gasteiger partial charge in [0.2, 0.25) is 0 Å². The van der Waals surface area contributed by atoms with E-state index in [2.05, 4.69) is 5.32 Å². The Labute approximate surface area is 118 Å². The third-order valence-electron chi connectivity index (χ3n) is 3.51. The molecule has 20 heavy (non-hydrogen) atoms. The maximum atomic E-state index is 14.1. The van der Waals surface area contributed by atoms with Crippen molar-refractivity contribution in [1.82, 2.24) is 5.32 Å². The first-order valence-electron chi connectivity index (χ1n) is 6.79. The first kappa shape index (κ1) is 14.7. The van der Waals surface area contributed by atoms with E-state index in [0.717, 1.165) is 22.8 Å². The second kappa shape index (κ2) is 6.14. The summed E-state index contributed by atoms with van der Waals surface area (Å²) in [6, 6.07) is 9.50. The lowest BCUT2D eigenvalue weighted by molar-refractivity contribution is 0.539. The highest BCUT2D eigenvalue weighted by Crippen LogP contribution is 2.29. The van der Waals surface area contributed by atoms with Crippen LogP contribution in [-0.2, 0) is 0 Å². The molecule has 0 aliphatic carbocycles. The van der Waals surface area contributed by atoms with E-state index >= 15 is 0 Å². The molecule has 106 valence electrons. The van der Waals surface area contributed by atoms with Crippen molar-refractivity contribution in [2.45, 2.75) is 26.8 Å². The Morgan fingerprint density at radius 3 is 2.25 bits per heavy atom. The fourth-order valence-corrected chi connectivity index (χ4v) is 2.59. The van der Waals surface area contributed by atoms with Crippen molar-refractivity contribution < 1.29 is 8.78 Å². The summed E-state index contributed by atoms with van der Waals surface area (Å²) in [6.07, 6.45) is 0. The van der Waals surface area contributed by atoms with E-state index in [-0.39, 0.29) is 6.04 Å². The Morgan fingerprint density at radius 2 is 1.70 bits per heavy atom. The van der Waals surface area contributed by atoms with E-state index in [0.29, 0.717) is 12.1 Å². The van der Waals surface area contributed by atoms with Gasteiger partial charge in [0.05, 0.1) is 6.04 Å². The van der Waals surface area contributed by atoms with Crippen LogP contribution < -0.4 is 5.32 Å². The van der Waals surface area contributed by atoms with Crippen molar-refractivity contribution in [1.29, 1.82) is 0 Å². The number of aryl methyl sites for hydroxylation is 2. The van der Waals surface area contributed by atoms with E-state index in [1.54, 1.807) is 0 Å². The van der Waals surface area contributed by atoms with Crippen LogP contribution in [-0.4, -0.2) is 6.54 Å². The van der Waals surface area contributed by atoms with Crippen LogP contribution >= 0.6 is 0 Å². The highest BCUT2D eigenvalue weighted by molar-refractivity contribution is 5.42. The molecule has 1 atom stereocenters. The number of nitrogens with one attached hydrogen (secondary N) is 1. The van der Waals surface area contributed by atoms with Crippen molar-refractivity contribution >= 4 is 0 Å². The van der Waals surface area contributed by atoms with Gasteiger partial charge in [-0.3, -0.25) is 0 Å². The van der Waals surface area contributed by atoms with Crippen LogP contribution in [0.25, 0.3) is 0 Å². The number of halogens is 2. The summed E-state index contributed by atoms with van der Waals surface area (Å²) >= 11 is 0. The van der Waals surface area contributed by atoms with Gasteiger partial charge in [-0.25, -0.2) is 8.78 Å². The summed E-state index contributed by atoms with van der Waals surface area (Å²) in [5, 5.41) is 3.29. The maximum Gasteiger partial charge on any atom is 0.131 e. The minimum Gasteiger partial charge on any atom is -0.306 e. The molecule has 0 radical (unpaired) electrons. The molecule has 1 N–H and O–H groups in total. The zero-order valence-corrected chi connectivity index (χ0v) is 12.0. The molecule has 0 spiro atoms. The molecular formula is C17H19F2N. The third kappa shape index (κ3) is 2.88. The molecule has 0 amide bonds.